The van der Waals surface area contributed by atoms with Crippen molar-refractivity contribution in [3.8, 4) is 0 Å². The Morgan fingerprint density at radius 1 is 0.580 bits per heavy atom. The largest absolute Gasteiger partial charge is 0.469 e. The number of nitrogens with one attached hydrogen (secondary N) is 4. The second-order valence-corrected chi connectivity index (χ2v) is 30.0. The number of allylic oxidation sites excluding steroid dienone is 4. The topological polar surface area (TPSA) is 435 Å². The third-order valence-electron chi connectivity index (χ3n) is 20.9. The number of nitrogens with two attached hydrogens (primary N) is 1. The maximum Gasteiger partial charge on any atom is 0.468 e. The molecule has 112 heavy (non-hydrogen) atoms. The van der Waals surface area contributed by atoms with Crippen LogP contribution in [0.25, 0.3) is 0 Å². The van der Waals surface area contributed by atoms with Crippen molar-refractivity contribution in [2.24, 2.45) is 35.3 Å². The Morgan fingerprint density at radius 2 is 1.01 bits per heavy atom. The maximum atomic E-state index is 13.5. The van der Waals surface area contributed by atoms with Gasteiger partial charge in [0.1, 0.15) is 54.9 Å². The molecule has 33 nitrogen and oxygen atoms in total. The molecule has 5 heterocycles. The third kappa shape index (κ3) is 24.8. The molecule has 1 unspecified atom stereocenters. The summed E-state index contributed by atoms with van der Waals surface area (Å²) < 4.78 is 58.8. The molecular weight excluding hydrogens is 1460 g/mol. The van der Waals surface area contributed by atoms with E-state index in [4.69, 9.17) is 62.8 Å². The van der Waals surface area contributed by atoms with E-state index >= 15 is 0 Å². The predicted molar refractivity (Wildman–Crippen MR) is 401 cm³/mol. The van der Waals surface area contributed by atoms with Crippen LogP contribution in [0.15, 0.2) is 115 Å². The van der Waals surface area contributed by atoms with Crippen molar-refractivity contribution in [2.45, 2.75) is 230 Å². The number of rotatable bonds is 26. The zero-order valence-corrected chi connectivity index (χ0v) is 65.7. The highest BCUT2D eigenvalue weighted by Gasteiger charge is 2.54. The van der Waals surface area contributed by atoms with Crippen LogP contribution in [0.5, 0.6) is 0 Å². The van der Waals surface area contributed by atoms with Crippen LogP contribution in [0.2, 0.25) is 0 Å². The standard InChI is InChI=1S/C35H55N3O10.C22H21N3O8.C22H40N2O7/c1-7-25-14-13-21(2)32(46-25)47-29-22(3)17-24(30(27(29)40)48-33-28(41)31(36-5)35(4,43)20-45-33)18-26(39)38(6)16-15-37-34(42)44-19-23-11-9-8-10-12-23;26-18-11-12-19(27)25(18)33-22(30)24(32-20(28)17-9-5-2-6-10-17)14-13-23-21(29)31-15-16-7-3-1-4-8-16;1-6-13-8-7-11(2)20(29-13)30-17-12(3)9-14(23)18(15(17)25)31-21-16(26)19(24-5)22(4,27)10-28-21/h8-12,14,21-22,24,27-33,36,40-41,43H,7,13,15-20H2,1-6H3,(H,37,42);1-10H,11-15H2,(H,23,29);8,11-12,14-21,24-27H,6-7,9-10,23H2,1-5H3/t21-,22+,24+,27+,28-,29?,30+,31-,32-,33-,35+;;11-,12+,14-,15+,16-,17-,18+,19-,20-,21-,22+/m1.1/s1. The number of nitrogens with zero attached hydrogens (tertiary/aromatic N) is 3. The summed E-state index contributed by atoms with van der Waals surface area (Å²) in [6.45, 7) is 15.2. The van der Waals surface area contributed by atoms with Crippen molar-refractivity contribution in [3.05, 3.63) is 131 Å². The number of aliphatic hydroxyl groups is 6. The number of aliphatic hydroxyl groups excluding tert-OH is 4. The van der Waals surface area contributed by atoms with Crippen LogP contribution in [0.1, 0.15) is 135 Å². The first-order valence-corrected chi connectivity index (χ1v) is 38.5. The molecule has 0 bridgehead atoms. The van der Waals surface area contributed by atoms with Gasteiger partial charge in [-0.15, -0.1) is 10.1 Å². The molecule has 3 aromatic rings. The molecule has 3 aromatic carbocycles. The molecule has 10 rings (SSSR count). The Balaban J connectivity index is 0.000000218. The highest BCUT2D eigenvalue weighted by molar-refractivity contribution is 6.01. The fourth-order valence-corrected chi connectivity index (χ4v) is 14.4. The summed E-state index contributed by atoms with van der Waals surface area (Å²) in [4.78, 5) is 97.2. The molecule has 7 aliphatic rings. The minimum absolute atomic E-state index is 0.000351. The highest BCUT2D eigenvalue weighted by Crippen LogP contribution is 2.41. The summed E-state index contributed by atoms with van der Waals surface area (Å²) >= 11 is 0. The zero-order chi connectivity index (χ0) is 81.6. The van der Waals surface area contributed by atoms with Crippen LogP contribution in [-0.4, -0.2) is 251 Å². The third-order valence-corrected chi connectivity index (χ3v) is 20.9. The van der Waals surface area contributed by atoms with Crippen molar-refractivity contribution in [1.29, 1.82) is 0 Å². The summed E-state index contributed by atoms with van der Waals surface area (Å²) in [5.74, 6) is -1.09. The van der Waals surface area contributed by atoms with E-state index in [9.17, 15) is 64.2 Å². The number of hydrogen-bond donors (Lipinski definition) is 11. The van der Waals surface area contributed by atoms with Gasteiger partial charge < -0.3 is 120 Å². The van der Waals surface area contributed by atoms with Gasteiger partial charge in [0, 0.05) is 76.7 Å². The van der Waals surface area contributed by atoms with Crippen LogP contribution in [0.4, 0.5) is 14.4 Å². The van der Waals surface area contributed by atoms with Crippen LogP contribution in [0, 0.1) is 29.6 Å². The van der Waals surface area contributed by atoms with Crippen LogP contribution in [-0.2, 0) is 84.6 Å². The van der Waals surface area contributed by atoms with Crippen molar-refractivity contribution >= 4 is 42.0 Å². The number of hydroxylamine groups is 4. The first-order valence-electron chi connectivity index (χ1n) is 38.5. The summed E-state index contributed by atoms with van der Waals surface area (Å²) in [5.41, 5.74) is 5.54. The second-order valence-electron chi connectivity index (χ2n) is 30.0. The summed E-state index contributed by atoms with van der Waals surface area (Å²) in [6, 6.07) is 24.3. The number of hydrogen-bond acceptors (Lipinski definition) is 28. The first kappa shape index (κ1) is 89.6. The molecule has 2 saturated carbocycles. The molecule has 12 N–H and O–H groups in total. The van der Waals surface area contributed by atoms with Gasteiger partial charge in [-0.05, 0) is 107 Å². The lowest BCUT2D eigenvalue weighted by molar-refractivity contribution is -0.312. The zero-order valence-electron chi connectivity index (χ0n) is 65.7. The van der Waals surface area contributed by atoms with E-state index in [0.717, 1.165) is 48.3 Å². The van der Waals surface area contributed by atoms with Gasteiger partial charge in [0.2, 0.25) is 18.5 Å². The monoisotopic (exact) mass is 1580 g/mol. The van der Waals surface area contributed by atoms with Crippen molar-refractivity contribution in [3.63, 3.8) is 0 Å². The number of likely N-dealkylation sites (N-methyl/N-ethyl adjacent to an activating group) is 3. The Kier molecular flexibility index (Phi) is 33.9. The normalized spacial score (nSPS) is 32.4. The number of ether oxygens (including phenoxy) is 10. The maximum absolute atomic E-state index is 13.5. The van der Waals surface area contributed by atoms with E-state index in [1.54, 1.807) is 77.5 Å². The van der Waals surface area contributed by atoms with E-state index < -0.39 is 145 Å². The average Bonchev–Trinajstić information content (AvgIpc) is 0.823. The molecule has 5 aliphatic heterocycles. The molecular formula is C79H116N8O25. The molecule has 622 valence electrons. The minimum Gasteiger partial charge on any atom is -0.469 e. The predicted octanol–water partition coefficient (Wildman–Crippen LogP) is 4.69. The van der Waals surface area contributed by atoms with Crippen LogP contribution >= 0.6 is 0 Å². The van der Waals surface area contributed by atoms with Gasteiger partial charge in [-0.2, -0.15) is 0 Å². The van der Waals surface area contributed by atoms with E-state index in [-0.39, 0.29) is 107 Å². The molecule has 0 spiro atoms. The lowest BCUT2D eigenvalue weighted by Crippen LogP contribution is -2.67. The average molecular weight is 1580 g/mol. The Morgan fingerprint density at radius 3 is 1.47 bits per heavy atom. The fraction of sp³-hybridized carbons (Fsp3) is 0.633. The van der Waals surface area contributed by atoms with Crippen molar-refractivity contribution in [1.82, 2.24) is 36.3 Å². The minimum atomic E-state index is -1.35. The highest BCUT2D eigenvalue weighted by atomic mass is 16.8. The lowest BCUT2D eigenvalue weighted by atomic mass is 9.74. The van der Waals surface area contributed by atoms with Gasteiger partial charge in [0.05, 0.1) is 67.2 Å². The molecule has 22 atom stereocenters. The molecule has 0 radical (unpaired) electrons. The molecule has 6 amide bonds. The number of imide groups is 1. The van der Waals surface area contributed by atoms with Crippen molar-refractivity contribution < 1.29 is 121 Å². The molecule has 0 aromatic heterocycles. The van der Waals surface area contributed by atoms with Gasteiger partial charge in [-0.3, -0.25) is 14.4 Å². The number of amides is 6. The molecule has 2 aliphatic carbocycles. The fourth-order valence-electron chi connectivity index (χ4n) is 14.4. The Hall–Kier alpha value is -7.97. The molecule has 5 fully saturated rings. The van der Waals surface area contributed by atoms with Gasteiger partial charge in [-0.25, -0.2) is 19.2 Å². The van der Waals surface area contributed by atoms with Gasteiger partial charge >= 0.3 is 24.2 Å². The SMILES string of the molecule is CCC1=CC[C@@H](C)[C@@H](OC2[C@@H](C)C[C@@H](CC(=O)N(C)CCNC(=O)OCc3ccccc3)[C@H](O[C@H]3OC[C@](C)(O)[C@H](NC)[C@H]3O)[C@H]2O)O1.CCC1=CC[C@@H](C)[C@@H](O[C@H]2[C@H](O)[C@@H](O[C@H]3OC[C@](C)(O)[C@H](NC)[C@H]3O)[C@H](N)C[C@@H]2C)O1.O=C(NCCN(OC(=O)c1ccccc1)C(=O)ON1C(=O)CCC1=O)OCc1ccccc1. The number of carbonyl (C=O) groups is 7. The van der Waals surface area contributed by atoms with E-state index in [1.165, 1.54) is 17.0 Å². The van der Waals surface area contributed by atoms with Crippen molar-refractivity contribution in [2.75, 3.05) is 60.5 Å². The van der Waals surface area contributed by atoms with E-state index in [2.05, 4.69) is 40.3 Å². The Bertz CT molecular complexity index is 3550. The number of benzene rings is 3. The van der Waals surface area contributed by atoms with Crippen LogP contribution in [0.3, 0.4) is 0 Å². The second kappa shape index (κ2) is 42.4. The quantitative estimate of drug-likeness (QED) is 0.0384. The Labute approximate surface area is 653 Å². The van der Waals surface area contributed by atoms with E-state index in [1.807, 2.05) is 71.0 Å². The number of carbonyl (C=O) groups excluding carboxylic acids is 7. The lowest BCUT2D eigenvalue weighted by Gasteiger charge is -2.49. The summed E-state index contributed by atoms with van der Waals surface area (Å²) in [6.07, 6.45) is -5.05. The summed E-state index contributed by atoms with van der Waals surface area (Å²) in [7, 11) is 4.94. The molecule has 3 saturated heterocycles. The summed E-state index contributed by atoms with van der Waals surface area (Å²) in [5, 5.41) is 77.8. The molecule has 33 heteroatoms. The first-order chi connectivity index (χ1) is 53.4. The smallest absolute Gasteiger partial charge is 0.468 e. The van der Waals surface area contributed by atoms with Crippen LogP contribution < -0.4 is 27.0 Å². The van der Waals surface area contributed by atoms with Gasteiger partial charge in [0.15, 0.2) is 12.6 Å². The number of alkyl carbamates (subject to hydrolysis) is 2. The van der Waals surface area contributed by atoms with Gasteiger partial charge in [0.25, 0.3) is 11.8 Å². The van der Waals surface area contributed by atoms with Gasteiger partial charge in [-0.1, -0.05) is 120 Å². The van der Waals surface area contributed by atoms with E-state index in [0.29, 0.717) is 23.0 Å².